The summed E-state index contributed by atoms with van der Waals surface area (Å²) >= 11 is 7.41. The summed E-state index contributed by atoms with van der Waals surface area (Å²) in [5.41, 5.74) is 2.57. The predicted molar refractivity (Wildman–Crippen MR) is 136 cm³/mol. The zero-order valence-electron chi connectivity index (χ0n) is 18.6. The molecule has 1 amide bonds. The van der Waals surface area contributed by atoms with Gasteiger partial charge in [0.1, 0.15) is 16.0 Å². The number of fused-ring (bicyclic) bond motifs is 1. The van der Waals surface area contributed by atoms with Crippen LogP contribution < -0.4 is 14.4 Å². The molecule has 2 aromatic carbocycles. The average molecular weight is 522 g/mol. The number of benzene rings is 2. The van der Waals surface area contributed by atoms with E-state index < -0.39 is 0 Å². The molecule has 2 aliphatic rings. The number of methoxy groups -OCH3 is 1. The normalized spacial score (nSPS) is 16.0. The number of aromatic nitrogens is 1. The summed E-state index contributed by atoms with van der Waals surface area (Å²) in [6.45, 7) is 2.92. The first-order chi connectivity index (χ1) is 16.1. The number of rotatable bonds is 7. The minimum Gasteiger partial charge on any atom is -0.493 e. The van der Waals surface area contributed by atoms with E-state index in [-0.39, 0.29) is 31.0 Å². The van der Waals surface area contributed by atoms with E-state index in [1.807, 2.05) is 42.5 Å². The fourth-order valence-corrected chi connectivity index (χ4v) is 5.31. The van der Waals surface area contributed by atoms with Gasteiger partial charge in [0.05, 0.1) is 19.4 Å². The highest BCUT2D eigenvalue weighted by Crippen LogP contribution is 2.37. The zero-order valence-corrected chi connectivity index (χ0v) is 21.0. The van der Waals surface area contributed by atoms with Crippen LogP contribution in [0.15, 0.2) is 42.5 Å². The number of likely N-dealkylation sites (tertiary alicyclic amines) is 1. The van der Waals surface area contributed by atoms with Crippen LogP contribution in [0, 0.1) is 0 Å². The van der Waals surface area contributed by atoms with Crippen molar-refractivity contribution in [2.45, 2.75) is 12.5 Å². The van der Waals surface area contributed by atoms with Gasteiger partial charge in [0, 0.05) is 54.9 Å². The molecular weight excluding hydrogens is 497 g/mol. The van der Waals surface area contributed by atoms with Crippen LogP contribution in [0.1, 0.15) is 15.4 Å². The molecule has 3 aromatic rings. The number of hydrogen-bond donors (Lipinski definition) is 1. The topological polar surface area (TPSA) is 75.1 Å². The van der Waals surface area contributed by atoms with Crippen molar-refractivity contribution in [3.63, 3.8) is 0 Å². The Kier molecular flexibility index (Phi) is 7.64. The number of halogens is 2. The minimum absolute atomic E-state index is 0. The van der Waals surface area contributed by atoms with Gasteiger partial charge in [-0.25, -0.2) is 4.98 Å². The summed E-state index contributed by atoms with van der Waals surface area (Å²) in [6.07, 6.45) is 0.757. The van der Waals surface area contributed by atoms with Crippen molar-refractivity contribution in [2.75, 3.05) is 44.8 Å². The van der Waals surface area contributed by atoms with E-state index in [0.29, 0.717) is 40.9 Å². The molecule has 0 radical (unpaired) electrons. The Morgan fingerprint density at radius 3 is 2.65 bits per heavy atom. The van der Waals surface area contributed by atoms with Crippen molar-refractivity contribution < 1.29 is 19.4 Å². The predicted octanol–water partition coefficient (Wildman–Crippen LogP) is 4.15. The highest BCUT2D eigenvalue weighted by atomic mass is 35.5. The van der Waals surface area contributed by atoms with Gasteiger partial charge in [0.2, 0.25) is 0 Å². The maximum atomic E-state index is 13.3. The van der Waals surface area contributed by atoms with E-state index in [1.54, 1.807) is 12.0 Å². The average Bonchev–Trinajstić information content (AvgIpc) is 3.24. The molecule has 0 bridgehead atoms. The second-order valence-corrected chi connectivity index (χ2v) is 9.50. The standard InChI is InChI=1S/C24H24ClN3O4S.ClH/c1-31-21-12-17(6-7-20(21)32-18-13-27(14-18)10-11-29)28-9-8-19-22(24(28)30)33-23(26-19)15-2-4-16(25)5-3-15;/h2-7,12,18,29H,8-11,13-14H2,1H3;1H. The van der Waals surface area contributed by atoms with Crippen LogP contribution >= 0.6 is 35.3 Å². The minimum atomic E-state index is -0.0525. The molecule has 0 saturated carbocycles. The van der Waals surface area contributed by atoms with Crippen LogP contribution in [0.5, 0.6) is 11.5 Å². The second kappa shape index (κ2) is 10.5. The SMILES string of the molecule is COc1cc(N2CCc3nc(-c4ccc(Cl)cc4)sc3C2=O)ccc1OC1CN(CCO)C1.Cl. The highest BCUT2D eigenvalue weighted by Gasteiger charge is 2.31. The largest absolute Gasteiger partial charge is 0.493 e. The molecule has 5 rings (SSSR count). The van der Waals surface area contributed by atoms with Gasteiger partial charge in [-0.2, -0.15) is 0 Å². The van der Waals surface area contributed by atoms with Gasteiger partial charge in [-0.15, -0.1) is 23.7 Å². The fraction of sp³-hybridized carbons (Fsp3) is 0.333. The third-order valence-corrected chi connectivity index (χ3v) is 7.28. The summed E-state index contributed by atoms with van der Waals surface area (Å²) in [6, 6.07) is 13.1. The number of carbonyl (C=O) groups excluding carboxylic acids is 1. The summed E-state index contributed by atoms with van der Waals surface area (Å²) in [5, 5.41) is 10.5. The molecule has 3 heterocycles. The van der Waals surface area contributed by atoms with Crippen LogP contribution in [0.2, 0.25) is 5.02 Å². The lowest BCUT2D eigenvalue weighted by molar-refractivity contribution is 0.00936. The van der Waals surface area contributed by atoms with Crippen molar-refractivity contribution >= 4 is 46.9 Å². The lowest BCUT2D eigenvalue weighted by atomic mass is 10.1. The number of thiazole rings is 1. The molecule has 0 spiro atoms. The number of carbonyl (C=O) groups is 1. The van der Waals surface area contributed by atoms with Crippen molar-refractivity contribution in [1.82, 2.24) is 9.88 Å². The highest BCUT2D eigenvalue weighted by molar-refractivity contribution is 7.17. The first kappa shape index (κ1) is 24.8. The zero-order chi connectivity index (χ0) is 22.9. The molecule has 2 aliphatic heterocycles. The number of nitrogens with zero attached hydrogens (tertiary/aromatic N) is 3. The van der Waals surface area contributed by atoms with Gasteiger partial charge < -0.3 is 19.5 Å². The summed E-state index contributed by atoms with van der Waals surface area (Å²) < 4.78 is 11.6. The van der Waals surface area contributed by atoms with Gasteiger partial charge in [-0.05, 0) is 24.3 Å². The van der Waals surface area contributed by atoms with Gasteiger partial charge in [-0.1, -0.05) is 23.7 Å². The van der Waals surface area contributed by atoms with Crippen molar-refractivity contribution in [1.29, 1.82) is 0 Å². The number of amides is 1. The summed E-state index contributed by atoms with van der Waals surface area (Å²) in [7, 11) is 1.60. The van der Waals surface area contributed by atoms with Crippen molar-refractivity contribution in [3.8, 4) is 22.1 Å². The molecule has 180 valence electrons. The van der Waals surface area contributed by atoms with E-state index in [4.69, 9.17) is 31.2 Å². The molecule has 1 saturated heterocycles. The van der Waals surface area contributed by atoms with E-state index >= 15 is 0 Å². The number of hydrogen-bond acceptors (Lipinski definition) is 7. The third-order valence-electron chi connectivity index (χ3n) is 5.89. The van der Waals surface area contributed by atoms with Crippen molar-refractivity contribution in [2.24, 2.45) is 0 Å². The van der Waals surface area contributed by atoms with E-state index in [2.05, 4.69) is 4.90 Å². The molecule has 1 N–H and O–H groups in total. The lowest BCUT2D eigenvalue weighted by Crippen LogP contribution is -2.54. The maximum Gasteiger partial charge on any atom is 0.270 e. The Labute approximate surface area is 213 Å². The summed E-state index contributed by atoms with van der Waals surface area (Å²) in [5.74, 6) is 1.20. The van der Waals surface area contributed by atoms with Crippen LogP contribution in [0.4, 0.5) is 5.69 Å². The smallest absolute Gasteiger partial charge is 0.270 e. The Bertz CT molecular complexity index is 1170. The maximum absolute atomic E-state index is 13.3. The number of ether oxygens (including phenoxy) is 2. The van der Waals surface area contributed by atoms with Gasteiger partial charge in [-0.3, -0.25) is 9.69 Å². The van der Waals surface area contributed by atoms with E-state index in [9.17, 15) is 4.79 Å². The molecule has 1 fully saturated rings. The van der Waals surface area contributed by atoms with E-state index in [0.717, 1.165) is 35.0 Å². The molecule has 34 heavy (non-hydrogen) atoms. The molecule has 10 heteroatoms. The van der Waals surface area contributed by atoms with Crippen molar-refractivity contribution in [3.05, 3.63) is 58.1 Å². The number of β-amino-alcohol motifs (C(OH)–C–C–N with tert-alkyl or cyclic N) is 1. The fourth-order valence-electron chi connectivity index (χ4n) is 4.11. The summed E-state index contributed by atoms with van der Waals surface area (Å²) in [4.78, 5) is 22.6. The Hall–Kier alpha value is -2.36. The quantitative estimate of drug-likeness (QED) is 0.503. The Morgan fingerprint density at radius 2 is 1.94 bits per heavy atom. The number of anilines is 1. The molecule has 7 nitrogen and oxygen atoms in total. The van der Waals surface area contributed by atoms with Crippen LogP contribution in [-0.4, -0.2) is 66.9 Å². The molecule has 0 atom stereocenters. The number of aliphatic hydroxyl groups excluding tert-OH is 1. The van der Waals surface area contributed by atoms with Crippen LogP contribution in [-0.2, 0) is 6.42 Å². The van der Waals surface area contributed by atoms with Crippen LogP contribution in [0.25, 0.3) is 10.6 Å². The van der Waals surface area contributed by atoms with Gasteiger partial charge in [0.15, 0.2) is 11.5 Å². The third kappa shape index (κ3) is 4.87. The first-order valence-electron chi connectivity index (χ1n) is 10.8. The molecular formula is C24H25Cl2N3O4S. The Morgan fingerprint density at radius 1 is 1.18 bits per heavy atom. The van der Waals surface area contributed by atoms with Gasteiger partial charge >= 0.3 is 0 Å². The van der Waals surface area contributed by atoms with E-state index in [1.165, 1.54) is 11.3 Å². The second-order valence-electron chi connectivity index (χ2n) is 8.07. The molecule has 1 aromatic heterocycles. The monoisotopic (exact) mass is 521 g/mol. The lowest BCUT2D eigenvalue weighted by Gasteiger charge is -2.38. The molecule has 0 aliphatic carbocycles. The first-order valence-corrected chi connectivity index (χ1v) is 12.0. The molecule has 0 unspecified atom stereocenters. The van der Waals surface area contributed by atoms with Gasteiger partial charge in [0.25, 0.3) is 5.91 Å². The number of aliphatic hydroxyl groups is 1. The Balaban J connectivity index is 0.00000274. The van der Waals surface area contributed by atoms with Crippen LogP contribution in [0.3, 0.4) is 0 Å².